The minimum absolute atomic E-state index is 0.0195. The van der Waals surface area contributed by atoms with Crippen LogP contribution in [0.1, 0.15) is 34.6 Å². The van der Waals surface area contributed by atoms with Crippen molar-refractivity contribution in [3.63, 3.8) is 0 Å². The van der Waals surface area contributed by atoms with E-state index in [4.69, 9.17) is 28.4 Å². The van der Waals surface area contributed by atoms with Gasteiger partial charge in [-0.25, -0.2) is 24.0 Å². The summed E-state index contributed by atoms with van der Waals surface area (Å²) in [5.74, 6) is -4.53. The van der Waals surface area contributed by atoms with Crippen molar-refractivity contribution >= 4 is 29.8 Å². The molecule has 0 aromatic rings. The number of esters is 5. The van der Waals surface area contributed by atoms with E-state index in [1.165, 1.54) is 34.6 Å². The highest BCUT2D eigenvalue weighted by Gasteiger charge is 2.54. The van der Waals surface area contributed by atoms with Crippen LogP contribution in [0.25, 0.3) is 0 Å². The van der Waals surface area contributed by atoms with Crippen molar-refractivity contribution in [1.29, 1.82) is 0 Å². The molecule has 1 aliphatic rings. The molecule has 1 heterocycles. The lowest BCUT2D eigenvalue weighted by Crippen LogP contribution is -2.63. The number of carbonyl (C=O) groups excluding carboxylic acids is 5. The first-order chi connectivity index (χ1) is 17.1. The third-order valence-electron chi connectivity index (χ3n) is 4.66. The molecule has 1 unspecified atom stereocenters. The SMILES string of the molecule is C=C(C)C(=O)OC[C@H]1OC(OC(=O)C(=C)C)[C@H](OC(=O)C(=C)C)[C@@H](OC(=O)C(=C)C)[C@H]1OC(=O)C(=C)C. The van der Waals surface area contributed by atoms with Gasteiger partial charge in [0.1, 0.15) is 12.7 Å². The Morgan fingerprint density at radius 3 is 1.30 bits per heavy atom. The van der Waals surface area contributed by atoms with Gasteiger partial charge in [0.15, 0.2) is 12.2 Å². The minimum Gasteiger partial charge on any atom is -0.459 e. The van der Waals surface area contributed by atoms with Gasteiger partial charge in [-0.05, 0) is 34.6 Å². The second-order valence-electron chi connectivity index (χ2n) is 8.56. The van der Waals surface area contributed by atoms with Crippen molar-refractivity contribution in [2.75, 3.05) is 6.61 Å². The Morgan fingerprint density at radius 1 is 0.541 bits per heavy atom. The lowest BCUT2D eigenvalue weighted by Gasteiger charge is -2.44. The lowest BCUT2D eigenvalue weighted by atomic mass is 9.97. The summed E-state index contributed by atoms with van der Waals surface area (Å²) >= 11 is 0. The van der Waals surface area contributed by atoms with Gasteiger partial charge in [0.2, 0.25) is 12.4 Å². The Bertz CT molecular complexity index is 1040. The van der Waals surface area contributed by atoms with E-state index in [9.17, 15) is 24.0 Å². The second-order valence-corrected chi connectivity index (χ2v) is 8.56. The summed E-state index contributed by atoms with van der Waals surface area (Å²) in [4.78, 5) is 61.9. The number of carbonyl (C=O) groups is 5. The van der Waals surface area contributed by atoms with Crippen LogP contribution in [0.4, 0.5) is 0 Å². The summed E-state index contributed by atoms with van der Waals surface area (Å²) in [6.45, 7) is 23.8. The fourth-order valence-electron chi connectivity index (χ4n) is 2.67. The van der Waals surface area contributed by atoms with Crippen LogP contribution < -0.4 is 0 Å². The van der Waals surface area contributed by atoms with Crippen LogP contribution in [0.2, 0.25) is 0 Å². The minimum atomic E-state index is -1.70. The molecule has 202 valence electrons. The van der Waals surface area contributed by atoms with Gasteiger partial charge in [-0.1, -0.05) is 32.9 Å². The van der Waals surface area contributed by atoms with Gasteiger partial charge in [0.25, 0.3) is 0 Å². The van der Waals surface area contributed by atoms with Gasteiger partial charge < -0.3 is 28.4 Å². The van der Waals surface area contributed by atoms with Crippen molar-refractivity contribution in [3.05, 3.63) is 60.8 Å². The van der Waals surface area contributed by atoms with Crippen LogP contribution in [-0.4, -0.2) is 67.2 Å². The van der Waals surface area contributed by atoms with Gasteiger partial charge >= 0.3 is 29.8 Å². The molecule has 11 heteroatoms. The summed E-state index contributed by atoms with van der Waals surface area (Å²) in [5.41, 5.74) is -0.0562. The third-order valence-corrected chi connectivity index (χ3v) is 4.66. The normalized spacial score (nSPS) is 22.5. The quantitative estimate of drug-likeness (QED) is 0.225. The Hall–Kier alpha value is -3.99. The fraction of sp³-hybridized carbons (Fsp3) is 0.423. The van der Waals surface area contributed by atoms with Crippen molar-refractivity contribution in [2.45, 2.75) is 65.3 Å². The summed E-state index contributed by atoms with van der Waals surface area (Å²) in [6, 6.07) is 0. The molecule has 0 aliphatic carbocycles. The lowest BCUT2D eigenvalue weighted by molar-refractivity contribution is -0.298. The maximum absolute atomic E-state index is 12.5. The standard InChI is InChI=1S/C26H32O11/c1-12(2)21(27)32-11-17-18(34-22(28)13(3)4)19(35-23(29)14(5)6)20(36-24(30)15(7)8)26(33-17)37-25(31)16(9)10/h17-20,26H,1,3,5,7,9,11H2,2,4,6,8,10H3/t17-,18+,19+,20-,26?/m1/s1. The molecule has 0 radical (unpaired) electrons. The van der Waals surface area contributed by atoms with Crippen LogP contribution in [-0.2, 0) is 52.4 Å². The summed E-state index contributed by atoms with van der Waals surface area (Å²) < 4.78 is 32.6. The largest absolute Gasteiger partial charge is 0.459 e. The zero-order chi connectivity index (χ0) is 28.6. The highest BCUT2D eigenvalue weighted by atomic mass is 16.7. The smallest absolute Gasteiger partial charge is 0.335 e. The zero-order valence-electron chi connectivity index (χ0n) is 21.6. The van der Waals surface area contributed by atoms with Gasteiger partial charge in [-0.2, -0.15) is 0 Å². The molecule has 1 fully saturated rings. The van der Waals surface area contributed by atoms with Crippen molar-refractivity contribution in [3.8, 4) is 0 Å². The molecule has 5 atom stereocenters. The molecule has 1 rings (SSSR count). The topological polar surface area (TPSA) is 141 Å². The molecule has 11 nitrogen and oxygen atoms in total. The van der Waals surface area contributed by atoms with Crippen molar-refractivity contribution < 1.29 is 52.4 Å². The molecule has 0 bridgehead atoms. The van der Waals surface area contributed by atoms with Crippen molar-refractivity contribution in [2.24, 2.45) is 0 Å². The maximum atomic E-state index is 12.5. The molecule has 37 heavy (non-hydrogen) atoms. The Labute approximate surface area is 215 Å². The molecular formula is C26H32O11. The summed E-state index contributed by atoms with van der Waals surface area (Å²) in [7, 11) is 0. The third kappa shape index (κ3) is 8.87. The van der Waals surface area contributed by atoms with E-state index in [0.717, 1.165) is 0 Å². The van der Waals surface area contributed by atoms with Gasteiger partial charge in [-0.15, -0.1) is 0 Å². The Morgan fingerprint density at radius 2 is 0.892 bits per heavy atom. The first-order valence-electron chi connectivity index (χ1n) is 11.0. The van der Waals surface area contributed by atoms with E-state index in [1.807, 2.05) is 0 Å². The van der Waals surface area contributed by atoms with Crippen LogP contribution >= 0.6 is 0 Å². The first-order valence-corrected chi connectivity index (χ1v) is 11.0. The van der Waals surface area contributed by atoms with Crippen LogP contribution in [0, 0.1) is 0 Å². The number of hydrogen-bond donors (Lipinski definition) is 0. The Kier molecular flexibility index (Phi) is 11.2. The average molecular weight is 521 g/mol. The molecular weight excluding hydrogens is 488 g/mol. The fourth-order valence-corrected chi connectivity index (χ4v) is 2.67. The van der Waals surface area contributed by atoms with Gasteiger partial charge in [-0.3, -0.25) is 0 Å². The highest BCUT2D eigenvalue weighted by molar-refractivity contribution is 5.89. The number of ether oxygens (including phenoxy) is 6. The van der Waals surface area contributed by atoms with Crippen LogP contribution in [0.3, 0.4) is 0 Å². The molecule has 0 saturated carbocycles. The van der Waals surface area contributed by atoms with Crippen LogP contribution in [0.5, 0.6) is 0 Å². The predicted octanol–water partition coefficient (Wildman–Crippen LogP) is 2.41. The van der Waals surface area contributed by atoms with Crippen LogP contribution in [0.15, 0.2) is 60.8 Å². The average Bonchev–Trinajstić information content (AvgIpc) is 2.80. The van der Waals surface area contributed by atoms with E-state index in [2.05, 4.69) is 32.9 Å². The van der Waals surface area contributed by atoms with E-state index in [0.29, 0.717) is 0 Å². The molecule has 1 saturated heterocycles. The van der Waals surface area contributed by atoms with Crippen molar-refractivity contribution in [1.82, 2.24) is 0 Å². The highest BCUT2D eigenvalue weighted by Crippen LogP contribution is 2.31. The molecule has 0 aromatic heterocycles. The van der Waals surface area contributed by atoms with E-state index in [1.54, 1.807) is 0 Å². The van der Waals surface area contributed by atoms with Gasteiger partial charge in [0, 0.05) is 27.9 Å². The predicted molar refractivity (Wildman–Crippen MR) is 129 cm³/mol. The summed E-state index contributed by atoms with van der Waals surface area (Å²) in [5, 5.41) is 0. The summed E-state index contributed by atoms with van der Waals surface area (Å²) in [6.07, 6.45) is -7.85. The second kappa shape index (κ2) is 13.4. The monoisotopic (exact) mass is 520 g/mol. The molecule has 0 aromatic carbocycles. The molecule has 0 spiro atoms. The Balaban J connectivity index is 3.65. The van der Waals surface area contributed by atoms with E-state index < -0.39 is 67.2 Å². The molecule has 0 amide bonds. The molecule has 0 N–H and O–H groups in total. The van der Waals surface area contributed by atoms with Gasteiger partial charge in [0.05, 0.1) is 0 Å². The van der Waals surface area contributed by atoms with E-state index in [-0.39, 0.29) is 27.9 Å². The zero-order valence-corrected chi connectivity index (χ0v) is 21.6. The number of rotatable bonds is 11. The molecule has 1 aliphatic heterocycles. The number of hydrogen-bond acceptors (Lipinski definition) is 11. The first kappa shape index (κ1) is 31.0. The van der Waals surface area contributed by atoms with E-state index >= 15 is 0 Å². The maximum Gasteiger partial charge on any atom is 0.335 e.